The van der Waals surface area contributed by atoms with Gasteiger partial charge in [0.25, 0.3) is 0 Å². The maximum Gasteiger partial charge on any atom is 0.143 e. The Balaban J connectivity index is 1.83. The van der Waals surface area contributed by atoms with E-state index in [1.807, 2.05) is 25.1 Å². The summed E-state index contributed by atoms with van der Waals surface area (Å²) < 4.78 is 0. The number of aryl methyl sites for hydroxylation is 1. The fourth-order valence-corrected chi connectivity index (χ4v) is 1.65. The molecule has 0 saturated heterocycles. The third-order valence-electron chi connectivity index (χ3n) is 2.54. The van der Waals surface area contributed by atoms with Crippen LogP contribution in [0.1, 0.15) is 11.3 Å². The first kappa shape index (κ1) is 12.8. The molecule has 0 aliphatic rings. The van der Waals surface area contributed by atoms with Crippen molar-refractivity contribution in [2.45, 2.75) is 6.92 Å². The van der Waals surface area contributed by atoms with E-state index in [1.165, 1.54) is 0 Å². The monoisotopic (exact) mass is 253 g/mol. The number of hydrogen-bond donors (Lipinski definition) is 2. The van der Waals surface area contributed by atoms with E-state index in [0.29, 0.717) is 24.5 Å². The van der Waals surface area contributed by atoms with Crippen LogP contribution in [0.25, 0.3) is 0 Å². The Morgan fingerprint density at radius 3 is 2.79 bits per heavy atom. The van der Waals surface area contributed by atoms with Gasteiger partial charge in [0.15, 0.2) is 0 Å². The maximum absolute atomic E-state index is 8.93. The Bertz CT molecular complexity index is 588. The minimum atomic E-state index is 0.552. The molecule has 19 heavy (non-hydrogen) atoms. The van der Waals surface area contributed by atoms with Crippen molar-refractivity contribution in [3.8, 4) is 6.07 Å². The first-order chi connectivity index (χ1) is 9.29. The van der Waals surface area contributed by atoms with Crippen molar-refractivity contribution >= 4 is 11.6 Å². The Morgan fingerprint density at radius 2 is 2.00 bits per heavy atom. The zero-order chi connectivity index (χ0) is 13.5. The lowest BCUT2D eigenvalue weighted by molar-refractivity contribution is 1.04. The average molecular weight is 253 g/mol. The Labute approximate surface area is 112 Å². The summed E-state index contributed by atoms with van der Waals surface area (Å²) >= 11 is 0. The largest absolute Gasteiger partial charge is 0.368 e. The van der Waals surface area contributed by atoms with Crippen molar-refractivity contribution in [1.29, 1.82) is 5.26 Å². The van der Waals surface area contributed by atoms with Crippen molar-refractivity contribution in [2.24, 2.45) is 0 Å². The highest BCUT2D eigenvalue weighted by atomic mass is 15.0. The van der Waals surface area contributed by atoms with Crippen molar-refractivity contribution in [3.05, 3.63) is 47.8 Å². The SMILES string of the molecule is Cc1cccc(NCCNc2ncccc2C#N)n1. The molecule has 96 valence electrons. The molecule has 5 heteroatoms. The molecule has 0 aliphatic heterocycles. The molecule has 5 nitrogen and oxygen atoms in total. The van der Waals surface area contributed by atoms with Crippen LogP contribution in [0, 0.1) is 18.3 Å². The molecule has 0 aromatic carbocycles. The first-order valence-corrected chi connectivity index (χ1v) is 6.06. The lowest BCUT2D eigenvalue weighted by Gasteiger charge is -2.08. The predicted molar refractivity (Wildman–Crippen MR) is 74.9 cm³/mol. The average Bonchev–Trinajstić information content (AvgIpc) is 2.44. The molecule has 0 fully saturated rings. The molecule has 0 saturated carbocycles. The van der Waals surface area contributed by atoms with Crippen LogP contribution in [0.15, 0.2) is 36.5 Å². The second-order valence-corrected chi connectivity index (χ2v) is 4.03. The molecule has 0 spiro atoms. The van der Waals surface area contributed by atoms with Crippen LogP contribution >= 0.6 is 0 Å². The number of nitrogens with zero attached hydrogens (tertiary/aromatic N) is 3. The lowest BCUT2D eigenvalue weighted by atomic mass is 10.3. The van der Waals surface area contributed by atoms with Crippen LogP contribution in [-0.2, 0) is 0 Å². The summed E-state index contributed by atoms with van der Waals surface area (Å²) in [6, 6.07) is 11.4. The lowest BCUT2D eigenvalue weighted by Crippen LogP contribution is -2.15. The molecular weight excluding hydrogens is 238 g/mol. The van der Waals surface area contributed by atoms with E-state index < -0.39 is 0 Å². The third kappa shape index (κ3) is 3.68. The molecule has 0 bridgehead atoms. The molecule has 2 aromatic heterocycles. The van der Waals surface area contributed by atoms with Crippen molar-refractivity contribution in [1.82, 2.24) is 9.97 Å². The minimum Gasteiger partial charge on any atom is -0.368 e. The smallest absolute Gasteiger partial charge is 0.143 e. The fraction of sp³-hybridized carbons (Fsp3) is 0.214. The second kappa shape index (κ2) is 6.36. The topological polar surface area (TPSA) is 73.6 Å². The van der Waals surface area contributed by atoms with Gasteiger partial charge in [-0.3, -0.25) is 0 Å². The summed E-state index contributed by atoms with van der Waals surface area (Å²) in [5, 5.41) is 15.3. The standard InChI is InChI=1S/C14H15N5/c1-11-4-2-6-13(19-11)16-8-9-18-14-12(10-15)5-3-7-17-14/h2-7H,8-9H2,1H3,(H,16,19)(H,17,18). The van der Waals surface area contributed by atoms with Crippen molar-refractivity contribution in [3.63, 3.8) is 0 Å². The van der Waals surface area contributed by atoms with Gasteiger partial charge in [-0.25, -0.2) is 9.97 Å². The van der Waals surface area contributed by atoms with Gasteiger partial charge in [0, 0.05) is 25.0 Å². The number of aromatic nitrogens is 2. The van der Waals surface area contributed by atoms with Crippen molar-refractivity contribution < 1.29 is 0 Å². The number of hydrogen-bond acceptors (Lipinski definition) is 5. The van der Waals surface area contributed by atoms with Gasteiger partial charge >= 0.3 is 0 Å². The van der Waals surface area contributed by atoms with Crippen molar-refractivity contribution in [2.75, 3.05) is 23.7 Å². The van der Waals surface area contributed by atoms with Gasteiger partial charge in [-0.1, -0.05) is 6.07 Å². The maximum atomic E-state index is 8.93. The Morgan fingerprint density at radius 1 is 1.16 bits per heavy atom. The minimum absolute atomic E-state index is 0.552. The van der Waals surface area contributed by atoms with Gasteiger partial charge in [0.1, 0.15) is 17.7 Å². The number of rotatable bonds is 5. The van der Waals surface area contributed by atoms with Gasteiger partial charge in [-0.15, -0.1) is 0 Å². The van der Waals surface area contributed by atoms with Crippen LogP contribution in [0.2, 0.25) is 0 Å². The first-order valence-electron chi connectivity index (χ1n) is 6.06. The summed E-state index contributed by atoms with van der Waals surface area (Å²) in [7, 11) is 0. The molecule has 0 radical (unpaired) electrons. The molecule has 2 aromatic rings. The molecular formula is C14H15N5. The summed E-state index contributed by atoms with van der Waals surface area (Å²) in [6.07, 6.45) is 1.67. The second-order valence-electron chi connectivity index (χ2n) is 4.03. The van der Waals surface area contributed by atoms with Crippen LogP contribution < -0.4 is 10.6 Å². The van der Waals surface area contributed by atoms with Gasteiger partial charge < -0.3 is 10.6 Å². The zero-order valence-corrected chi connectivity index (χ0v) is 10.7. The van der Waals surface area contributed by atoms with E-state index in [-0.39, 0.29) is 0 Å². The van der Waals surface area contributed by atoms with Crippen LogP contribution in [0.5, 0.6) is 0 Å². The molecule has 2 heterocycles. The third-order valence-corrected chi connectivity index (χ3v) is 2.54. The van der Waals surface area contributed by atoms with Crippen LogP contribution in [-0.4, -0.2) is 23.1 Å². The van der Waals surface area contributed by atoms with E-state index in [1.54, 1.807) is 18.3 Å². The highest BCUT2D eigenvalue weighted by molar-refractivity contribution is 5.51. The van der Waals surface area contributed by atoms with Gasteiger partial charge in [-0.2, -0.15) is 5.26 Å². The number of nitriles is 1. The molecule has 0 unspecified atom stereocenters. The van der Waals surface area contributed by atoms with E-state index in [9.17, 15) is 0 Å². The van der Waals surface area contributed by atoms with Gasteiger partial charge in [0.2, 0.25) is 0 Å². The van der Waals surface area contributed by atoms with Gasteiger partial charge in [0.05, 0.1) is 5.56 Å². The van der Waals surface area contributed by atoms with E-state index in [2.05, 4.69) is 26.7 Å². The summed E-state index contributed by atoms with van der Waals surface area (Å²) in [6.45, 7) is 3.33. The summed E-state index contributed by atoms with van der Waals surface area (Å²) in [4.78, 5) is 8.48. The fourth-order valence-electron chi connectivity index (χ4n) is 1.65. The number of pyridine rings is 2. The normalized spacial score (nSPS) is 9.68. The summed E-state index contributed by atoms with van der Waals surface area (Å²) in [5.41, 5.74) is 1.53. The van der Waals surface area contributed by atoms with E-state index in [0.717, 1.165) is 11.5 Å². The van der Waals surface area contributed by atoms with Gasteiger partial charge in [-0.05, 0) is 31.2 Å². The van der Waals surface area contributed by atoms with E-state index >= 15 is 0 Å². The molecule has 0 aliphatic carbocycles. The molecule has 2 N–H and O–H groups in total. The molecule has 0 amide bonds. The summed E-state index contributed by atoms with van der Waals surface area (Å²) in [5.74, 6) is 1.47. The zero-order valence-electron chi connectivity index (χ0n) is 10.7. The van der Waals surface area contributed by atoms with Crippen LogP contribution in [0.4, 0.5) is 11.6 Å². The quantitative estimate of drug-likeness (QED) is 0.799. The number of nitrogens with one attached hydrogen (secondary N) is 2. The number of anilines is 2. The van der Waals surface area contributed by atoms with Crippen LogP contribution in [0.3, 0.4) is 0 Å². The highest BCUT2D eigenvalue weighted by Gasteiger charge is 2.00. The molecule has 0 atom stereocenters. The Kier molecular flexibility index (Phi) is 4.29. The van der Waals surface area contributed by atoms with E-state index in [4.69, 9.17) is 5.26 Å². The predicted octanol–water partition coefficient (Wildman–Crippen LogP) is 2.18. The molecule has 2 rings (SSSR count). The highest BCUT2D eigenvalue weighted by Crippen LogP contribution is 2.09. The Hall–Kier alpha value is -2.61.